The Labute approximate surface area is 102 Å². The van der Waals surface area contributed by atoms with Crippen LogP contribution in [0, 0.1) is 17.8 Å². The molecule has 3 atom stereocenters. The van der Waals surface area contributed by atoms with Gasteiger partial charge < -0.3 is 5.73 Å². The van der Waals surface area contributed by atoms with Crippen LogP contribution in [0.15, 0.2) is 0 Å². The molecule has 1 aliphatic rings. The minimum absolute atomic E-state index is 0.0558. The quantitative estimate of drug-likeness (QED) is 0.799. The molecule has 4 heteroatoms. The van der Waals surface area contributed by atoms with E-state index in [1.807, 2.05) is 0 Å². The van der Waals surface area contributed by atoms with Gasteiger partial charge in [0.25, 0.3) is 0 Å². The van der Waals surface area contributed by atoms with Crippen LogP contribution in [-0.2, 0) is 0 Å². The second kappa shape index (κ2) is 6.07. The Kier molecular flexibility index (Phi) is 5.29. The maximum atomic E-state index is 12.7. The fourth-order valence-electron chi connectivity index (χ4n) is 3.09. The SMILES string of the molecule is CCC(CC)C(N)C1CCCC(C(F)(F)F)C1. The van der Waals surface area contributed by atoms with Crippen molar-refractivity contribution in [1.29, 1.82) is 0 Å². The zero-order valence-electron chi connectivity index (χ0n) is 10.8. The molecule has 0 aromatic heterocycles. The van der Waals surface area contributed by atoms with Crippen LogP contribution < -0.4 is 5.73 Å². The van der Waals surface area contributed by atoms with E-state index < -0.39 is 12.1 Å². The topological polar surface area (TPSA) is 26.0 Å². The Morgan fingerprint density at radius 3 is 2.24 bits per heavy atom. The molecule has 1 fully saturated rings. The summed E-state index contributed by atoms with van der Waals surface area (Å²) in [4.78, 5) is 0. The summed E-state index contributed by atoms with van der Waals surface area (Å²) in [6.45, 7) is 4.14. The molecule has 0 saturated heterocycles. The molecule has 1 nitrogen and oxygen atoms in total. The maximum absolute atomic E-state index is 12.7. The lowest BCUT2D eigenvalue weighted by molar-refractivity contribution is -0.186. The van der Waals surface area contributed by atoms with Crippen LogP contribution in [-0.4, -0.2) is 12.2 Å². The molecule has 0 aromatic carbocycles. The summed E-state index contributed by atoms with van der Waals surface area (Å²) >= 11 is 0. The van der Waals surface area contributed by atoms with Crippen LogP contribution in [0.3, 0.4) is 0 Å². The third kappa shape index (κ3) is 3.87. The van der Waals surface area contributed by atoms with Gasteiger partial charge in [0.2, 0.25) is 0 Å². The molecule has 0 spiro atoms. The second-order valence-electron chi connectivity index (χ2n) is 5.32. The maximum Gasteiger partial charge on any atom is 0.391 e. The summed E-state index contributed by atoms with van der Waals surface area (Å²) in [6.07, 6.45) is -0.0498. The Hall–Kier alpha value is -0.250. The molecule has 2 N–H and O–H groups in total. The van der Waals surface area contributed by atoms with Gasteiger partial charge in [-0.15, -0.1) is 0 Å². The van der Waals surface area contributed by atoms with E-state index in [1.54, 1.807) is 0 Å². The Bertz CT molecular complexity index is 223. The van der Waals surface area contributed by atoms with Gasteiger partial charge in [0.15, 0.2) is 0 Å². The van der Waals surface area contributed by atoms with Crippen molar-refractivity contribution in [2.75, 3.05) is 0 Å². The average molecular weight is 251 g/mol. The Morgan fingerprint density at radius 1 is 1.18 bits per heavy atom. The van der Waals surface area contributed by atoms with E-state index in [2.05, 4.69) is 13.8 Å². The standard InChI is InChI=1S/C13H24F3N/c1-3-9(4-2)12(17)10-6-5-7-11(8-10)13(14,15)16/h9-12H,3-8,17H2,1-2H3. The molecule has 0 radical (unpaired) electrons. The fourth-order valence-corrected chi connectivity index (χ4v) is 3.09. The first-order chi connectivity index (χ1) is 7.90. The Morgan fingerprint density at radius 2 is 1.76 bits per heavy atom. The summed E-state index contributed by atoms with van der Waals surface area (Å²) < 4.78 is 38.1. The van der Waals surface area contributed by atoms with Crippen molar-refractivity contribution in [3.8, 4) is 0 Å². The van der Waals surface area contributed by atoms with Crippen LogP contribution in [0.4, 0.5) is 13.2 Å². The van der Waals surface area contributed by atoms with Crippen LogP contribution in [0.1, 0.15) is 52.4 Å². The molecule has 1 aliphatic carbocycles. The van der Waals surface area contributed by atoms with Gasteiger partial charge in [0.05, 0.1) is 5.92 Å². The number of hydrogen-bond acceptors (Lipinski definition) is 1. The molecular formula is C13H24F3N. The molecule has 0 amide bonds. The van der Waals surface area contributed by atoms with Crippen molar-refractivity contribution in [2.24, 2.45) is 23.5 Å². The van der Waals surface area contributed by atoms with Crippen molar-refractivity contribution in [3.63, 3.8) is 0 Å². The van der Waals surface area contributed by atoms with Gasteiger partial charge in [0, 0.05) is 6.04 Å². The normalized spacial score (nSPS) is 28.4. The molecule has 0 aliphatic heterocycles. The van der Waals surface area contributed by atoms with Gasteiger partial charge in [-0.3, -0.25) is 0 Å². The lowest BCUT2D eigenvalue weighted by Gasteiger charge is -2.36. The van der Waals surface area contributed by atoms with E-state index in [-0.39, 0.29) is 24.8 Å². The van der Waals surface area contributed by atoms with Crippen LogP contribution in [0.2, 0.25) is 0 Å². The van der Waals surface area contributed by atoms with Gasteiger partial charge >= 0.3 is 6.18 Å². The molecule has 102 valence electrons. The van der Waals surface area contributed by atoms with E-state index in [0.29, 0.717) is 12.3 Å². The number of halogens is 3. The summed E-state index contributed by atoms with van der Waals surface area (Å²) in [5.74, 6) is -0.700. The Balaban J connectivity index is 2.60. The van der Waals surface area contributed by atoms with E-state index in [0.717, 1.165) is 19.3 Å². The van der Waals surface area contributed by atoms with E-state index in [9.17, 15) is 13.2 Å². The second-order valence-corrected chi connectivity index (χ2v) is 5.32. The van der Waals surface area contributed by atoms with Gasteiger partial charge in [0.1, 0.15) is 0 Å². The summed E-state index contributed by atoms with van der Waals surface area (Å²) in [5.41, 5.74) is 6.15. The zero-order chi connectivity index (χ0) is 13.1. The van der Waals surface area contributed by atoms with Gasteiger partial charge in [-0.1, -0.05) is 33.1 Å². The predicted octanol–water partition coefficient (Wildman–Crippen LogP) is 4.12. The number of alkyl halides is 3. The molecule has 0 heterocycles. The first-order valence-electron chi connectivity index (χ1n) is 6.72. The average Bonchev–Trinajstić information content (AvgIpc) is 2.29. The molecule has 17 heavy (non-hydrogen) atoms. The highest BCUT2D eigenvalue weighted by molar-refractivity contribution is 4.86. The van der Waals surface area contributed by atoms with Crippen LogP contribution in [0.5, 0.6) is 0 Å². The summed E-state index contributed by atoms with van der Waals surface area (Å²) in [5, 5.41) is 0. The molecule has 1 rings (SSSR count). The van der Waals surface area contributed by atoms with E-state index in [4.69, 9.17) is 5.73 Å². The van der Waals surface area contributed by atoms with Crippen molar-refractivity contribution < 1.29 is 13.2 Å². The summed E-state index contributed by atoms with van der Waals surface area (Å²) in [7, 11) is 0. The molecule has 3 unspecified atom stereocenters. The molecule has 0 bridgehead atoms. The molecule has 1 saturated carbocycles. The van der Waals surface area contributed by atoms with Gasteiger partial charge in [-0.25, -0.2) is 0 Å². The van der Waals surface area contributed by atoms with E-state index >= 15 is 0 Å². The first kappa shape index (κ1) is 14.8. The highest BCUT2D eigenvalue weighted by Gasteiger charge is 2.43. The highest BCUT2D eigenvalue weighted by atomic mass is 19.4. The zero-order valence-corrected chi connectivity index (χ0v) is 10.8. The molecule has 0 aromatic rings. The fraction of sp³-hybridized carbons (Fsp3) is 1.00. The number of rotatable bonds is 4. The molecular weight excluding hydrogens is 227 g/mol. The van der Waals surface area contributed by atoms with E-state index in [1.165, 1.54) is 0 Å². The largest absolute Gasteiger partial charge is 0.391 e. The minimum Gasteiger partial charge on any atom is -0.327 e. The van der Waals surface area contributed by atoms with Crippen LogP contribution in [0.25, 0.3) is 0 Å². The monoisotopic (exact) mass is 251 g/mol. The van der Waals surface area contributed by atoms with Gasteiger partial charge in [-0.2, -0.15) is 13.2 Å². The predicted molar refractivity (Wildman–Crippen MR) is 63.6 cm³/mol. The highest BCUT2D eigenvalue weighted by Crippen LogP contribution is 2.41. The summed E-state index contributed by atoms with van der Waals surface area (Å²) in [6, 6.07) is -0.0600. The van der Waals surface area contributed by atoms with Crippen molar-refractivity contribution in [1.82, 2.24) is 0 Å². The number of nitrogens with two attached hydrogens (primary N) is 1. The van der Waals surface area contributed by atoms with Crippen molar-refractivity contribution in [3.05, 3.63) is 0 Å². The lowest BCUT2D eigenvalue weighted by atomic mass is 9.73. The first-order valence-corrected chi connectivity index (χ1v) is 6.72. The van der Waals surface area contributed by atoms with Crippen LogP contribution >= 0.6 is 0 Å². The van der Waals surface area contributed by atoms with Gasteiger partial charge in [-0.05, 0) is 31.1 Å². The van der Waals surface area contributed by atoms with Crippen molar-refractivity contribution in [2.45, 2.75) is 64.6 Å². The van der Waals surface area contributed by atoms with Crippen molar-refractivity contribution >= 4 is 0 Å². The lowest BCUT2D eigenvalue weighted by Crippen LogP contribution is -2.41. The third-order valence-corrected chi connectivity index (χ3v) is 4.32. The minimum atomic E-state index is -4.04. The third-order valence-electron chi connectivity index (χ3n) is 4.32. The smallest absolute Gasteiger partial charge is 0.327 e. The number of hydrogen-bond donors (Lipinski definition) is 1.